The molecule has 1 heterocycles. The summed E-state index contributed by atoms with van der Waals surface area (Å²) < 4.78 is 10.8. The molecule has 2 aromatic rings. The van der Waals surface area contributed by atoms with Gasteiger partial charge in [0, 0.05) is 0 Å². The summed E-state index contributed by atoms with van der Waals surface area (Å²) >= 11 is -2.27. The first kappa shape index (κ1) is 19.6. The SMILES string of the molecule is CCC[CH2][Sn]([CH2]CCC)([CH2]CCn1cc[n+](C)c1)[c]1ccccc1. The molecule has 132 valence electrons. The van der Waals surface area contributed by atoms with E-state index in [1.807, 2.05) is 0 Å². The molecule has 0 amide bonds. The molecule has 0 aliphatic heterocycles. The summed E-state index contributed by atoms with van der Waals surface area (Å²) in [6.45, 7) is 5.87. The van der Waals surface area contributed by atoms with Crippen LogP contribution in [0.4, 0.5) is 0 Å². The Balaban J connectivity index is 2.12. The van der Waals surface area contributed by atoms with Crippen LogP contribution in [0.25, 0.3) is 0 Å². The van der Waals surface area contributed by atoms with Crippen molar-refractivity contribution < 1.29 is 4.57 Å². The van der Waals surface area contributed by atoms with E-state index in [-0.39, 0.29) is 0 Å². The molecular weight excluding hydrogens is 399 g/mol. The summed E-state index contributed by atoms with van der Waals surface area (Å²) in [7, 11) is 2.10. The third-order valence-corrected chi connectivity index (χ3v) is 21.0. The van der Waals surface area contributed by atoms with Crippen LogP contribution in [0.3, 0.4) is 0 Å². The zero-order valence-corrected chi connectivity index (χ0v) is 18.7. The summed E-state index contributed by atoms with van der Waals surface area (Å²) in [4.78, 5) is 0. The van der Waals surface area contributed by atoms with Crippen molar-refractivity contribution in [1.29, 1.82) is 0 Å². The third kappa shape index (κ3) is 5.64. The van der Waals surface area contributed by atoms with Crippen molar-refractivity contribution in [2.75, 3.05) is 0 Å². The van der Waals surface area contributed by atoms with Crippen molar-refractivity contribution >= 4 is 22.0 Å². The van der Waals surface area contributed by atoms with Gasteiger partial charge in [-0.3, -0.25) is 0 Å². The number of rotatable bonds is 11. The first-order valence-electron chi connectivity index (χ1n) is 9.77. The van der Waals surface area contributed by atoms with E-state index in [9.17, 15) is 0 Å². The minimum atomic E-state index is -2.27. The van der Waals surface area contributed by atoms with Crippen LogP contribution >= 0.6 is 0 Å². The molecule has 0 atom stereocenters. The fourth-order valence-corrected chi connectivity index (χ4v) is 19.3. The number of aryl methyl sites for hydroxylation is 2. The molecule has 0 saturated carbocycles. The predicted molar refractivity (Wildman–Crippen MR) is 106 cm³/mol. The number of hydrogen-bond acceptors (Lipinski definition) is 0. The Morgan fingerprint density at radius 1 is 0.917 bits per heavy atom. The van der Waals surface area contributed by atoms with Gasteiger partial charge in [0.25, 0.3) is 0 Å². The quantitative estimate of drug-likeness (QED) is 0.360. The Bertz CT molecular complexity index is 569. The second kappa shape index (κ2) is 10.3. The molecule has 0 aliphatic rings. The zero-order chi connectivity index (χ0) is 17.3. The van der Waals surface area contributed by atoms with Gasteiger partial charge in [0.2, 0.25) is 0 Å². The Hall–Kier alpha value is -0.771. The molecular formula is C21H35N2Sn+. The monoisotopic (exact) mass is 435 g/mol. The van der Waals surface area contributed by atoms with Crippen molar-refractivity contribution in [2.45, 2.75) is 65.8 Å². The standard InChI is InChI=1S/C7H12N2.C6H5.2C4H9.Sn/c1-3-4-9-6-5-8(2)7-9;1-2-4-6-5-3-1;2*1-3-4-2;/h5-7H,1,3-4H2,2H3;1-5H;2*1,3-4H2,2H3;/q+1;;;;. The molecule has 0 radical (unpaired) electrons. The van der Waals surface area contributed by atoms with Crippen LogP contribution in [0, 0.1) is 0 Å². The van der Waals surface area contributed by atoms with Gasteiger partial charge in [0.1, 0.15) is 0 Å². The van der Waals surface area contributed by atoms with Crippen molar-refractivity contribution in [3.63, 3.8) is 0 Å². The fraction of sp³-hybridized carbons (Fsp3) is 0.571. The Morgan fingerprint density at radius 3 is 2.08 bits per heavy atom. The molecule has 3 heteroatoms. The van der Waals surface area contributed by atoms with Gasteiger partial charge >= 0.3 is 153 Å². The fourth-order valence-electron chi connectivity index (χ4n) is 3.86. The Morgan fingerprint density at radius 2 is 1.54 bits per heavy atom. The van der Waals surface area contributed by atoms with Crippen LogP contribution < -0.4 is 8.15 Å². The van der Waals surface area contributed by atoms with E-state index < -0.39 is 18.4 Å². The zero-order valence-electron chi connectivity index (χ0n) is 15.9. The molecule has 0 saturated heterocycles. The molecule has 0 unspecified atom stereocenters. The number of benzene rings is 1. The van der Waals surface area contributed by atoms with E-state index in [1.165, 1.54) is 52.0 Å². The number of nitrogens with zero attached hydrogens (tertiary/aromatic N) is 2. The van der Waals surface area contributed by atoms with Crippen LogP contribution in [0.1, 0.15) is 46.0 Å². The minimum absolute atomic E-state index is 1.17. The molecule has 2 nitrogen and oxygen atoms in total. The topological polar surface area (TPSA) is 8.81 Å². The summed E-state index contributed by atoms with van der Waals surface area (Å²) in [6.07, 6.45) is 13.4. The summed E-state index contributed by atoms with van der Waals surface area (Å²) in [5.74, 6) is 0. The molecule has 2 rings (SSSR count). The van der Waals surface area contributed by atoms with Crippen molar-refractivity contribution in [2.24, 2.45) is 7.05 Å². The number of hydrogen-bond donors (Lipinski definition) is 0. The van der Waals surface area contributed by atoms with E-state index >= 15 is 0 Å². The maximum absolute atomic E-state index is 2.46. The van der Waals surface area contributed by atoms with Gasteiger partial charge in [-0.1, -0.05) is 0 Å². The number of aromatic nitrogens is 2. The number of imidazole rings is 1. The van der Waals surface area contributed by atoms with Crippen molar-refractivity contribution in [3.8, 4) is 0 Å². The van der Waals surface area contributed by atoms with Crippen LogP contribution in [0.15, 0.2) is 49.1 Å². The van der Waals surface area contributed by atoms with E-state index in [0.717, 1.165) is 0 Å². The predicted octanol–water partition coefficient (Wildman–Crippen LogP) is 4.66. The second-order valence-electron chi connectivity index (χ2n) is 7.27. The first-order valence-corrected chi connectivity index (χ1v) is 17.2. The van der Waals surface area contributed by atoms with Crippen LogP contribution in [-0.2, 0) is 13.6 Å². The van der Waals surface area contributed by atoms with E-state index in [4.69, 9.17) is 0 Å². The van der Waals surface area contributed by atoms with Crippen LogP contribution in [-0.4, -0.2) is 22.9 Å². The molecule has 1 aromatic carbocycles. The summed E-state index contributed by atoms with van der Waals surface area (Å²) in [5.41, 5.74) is 0. The average molecular weight is 434 g/mol. The molecule has 0 spiro atoms. The molecule has 0 fully saturated rings. The average Bonchev–Trinajstić information content (AvgIpc) is 3.03. The molecule has 24 heavy (non-hydrogen) atoms. The van der Waals surface area contributed by atoms with E-state index in [1.54, 1.807) is 3.58 Å². The molecule has 0 bridgehead atoms. The molecule has 0 aliphatic carbocycles. The molecule has 1 aromatic heterocycles. The van der Waals surface area contributed by atoms with Crippen LogP contribution in [0.5, 0.6) is 0 Å². The first-order chi connectivity index (χ1) is 11.7. The summed E-state index contributed by atoms with van der Waals surface area (Å²) in [6, 6.07) is 11.6. The Kier molecular flexibility index (Phi) is 8.37. The van der Waals surface area contributed by atoms with E-state index in [0.29, 0.717) is 0 Å². The van der Waals surface area contributed by atoms with Crippen molar-refractivity contribution in [1.82, 2.24) is 4.57 Å². The van der Waals surface area contributed by atoms with Gasteiger partial charge < -0.3 is 0 Å². The normalized spacial score (nSPS) is 11.8. The van der Waals surface area contributed by atoms with Gasteiger partial charge in [0.05, 0.1) is 0 Å². The summed E-state index contributed by atoms with van der Waals surface area (Å²) in [5, 5.41) is 0. The molecule has 0 N–H and O–H groups in total. The maximum atomic E-state index is 2.46. The third-order valence-electron chi connectivity index (χ3n) is 5.30. The van der Waals surface area contributed by atoms with Gasteiger partial charge in [-0.05, 0) is 0 Å². The Labute approximate surface area is 152 Å². The van der Waals surface area contributed by atoms with Gasteiger partial charge in [-0.2, -0.15) is 0 Å². The van der Waals surface area contributed by atoms with Crippen LogP contribution in [0.2, 0.25) is 13.3 Å². The van der Waals surface area contributed by atoms with Gasteiger partial charge in [-0.15, -0.1) is 0 Å². The number of unbranched alkanes of at least 4 members (excludes halogenated alkanes) is 2. The van der Waals surface area contributed by atoms with Gasteiger partial charge in [-0.25, -0.2) is 0 Å². The van der Waals surface area contributed by atoms with Gasteiger partial charge in [0.15, 0.2) is 0 Å². The van der Waals surface area contributed by atoms with Crippen molar-refractivity contribution in [3.05, 3.63) is 49.1 Å². The second-order valence-corrected chi connectivity index (χ2v) is 20.5. The van der Waals surface area contributed by atoms with E-state index in [2.05, 4.69) is 79.1 Å².